The molecule has 1 aliphatic rings. The Morgan fingerprint density at radius 1 is 0.850 bits per heavy atom. The van der Waals surface area contributed by atoms with E-state index in [9.17, 15) is 39.9 Å². The normalized spacial score (nSPS) is 18.9. The van der Waals surface area contributed by atoms with E-state index in [2.05, 4.69) is 15.4 Å². The van der Waals surface area contributed by atoms with Crippen LogP contribution in [0.1, 0.15) is 25.0 Å². The lowest BCUT2D eigenvalue weighted by Crippen LogP contribution is -2.49. The highest BCUT2D eigenvalue weighted by Crippen LogP contribution is 2.26. The molecule has 2 atom stereocenters. The molecule has 2 amide bonds. The molecule has 1 fully saturated rings. The second-order valence-electron chi connectivity index (χ2n) is 9.33. The molecule has 3 rings (SSSR count). The summed E-state index contributed by atoms with van der Waals surface area (Å²) in [6.07, 6.45) is -1.49. The Bertz CT molecular complexity index is 1540. The van der Waals surface area contributed by atoms with E-state index in [1.807, 2.05) is 0 Å². The topological polar surface area (TPSA) is 196 Å². The minimum Gasteiger partial charge on any atom is -0.390 e. The number of rotatable bonds is 12. The van der Waals surface area contributed by atoms with Crippen molar-refractivity contribution in [3.63, 3.8) is 0 Å². The minimum atomic E-state index is -4.36. The molecule has 2 aromatic carbocycles. The van der Waals surface area contributed by atoms with E-state index in [-0.39, 0.29) is 34.7 Å². The molecule has 13 nitrogen and oxygen atoms in total. The molecule has 0 bridgehead atoms. The van der Waals surface area contributed by atoms with Crippen molar-refractivity contribution in [1.82, 2.24) is 19.7 Å². The Morgan fingerprint density at radius 2 is 1.32 bits per heavy atom. The Morgan fingerprint density at radius 3 is 1.75 bits per heavy atom. The number of hydrogen-bond acceptors (Lipinski definition) is 9. The highest BCUT2D eigenvalue weighted by atomic mass is 32.2. The van der Waals surface area contributed by atoms with E-state index >= 15 is 0 Å². The van der Waals surface area contributed by atoms with Crippen LogP contribution < -0.4 is 15.4 Å². The highest BCUT2D eigenvalue weighted by molar-refractivity contribution is 7.92. The van der Waals surface area contributed by atoms with Crippen LogP contribution in [0.3, 0.4) is 0 Å². The van der Waals surface area contributed by atoms with Crippen molar-refractivity contribution in [3.05, 3.63) is 59.7 Å². The monoisotopic (exact) mass is 616 g/mol. The van der Waals surface area contributed by atoms with Gasteiger partial charge >= 0.3 is 0 Å². The lowest BCUT2D eigenvalue weighted by Gasteiger charge is -2.29. The number of carbonyl (C=O) groups is 2. The summed E-state index contributed by atoms with van der Waals surface area (Å²) in [7, 11) is -12.2. The molecule has 1 saturated heterocycles. The van der Waals surface area contributed by atoms with Gasteiger partial charge in [0.2, 0.25) is 31.9 Å². The van der Waals surface area contributed by atoms with Crippen molar-refractivity contribution in [2.24, 2.45) is 0 Å². The van der Waals surface area contributed by atoms with Gasteiger partial charge in [-0.1, -0.05) is 24.3 Å². The molecule has 0 aliphatic carbocycles. The van der Waals surface area contributed by atoms with Crippen molar-refractivity contribution >= 4 is 41.7 Å². The molecule has 4 N–H and O–H groups in total. The van der Waals surface area contributed by atoms with Crippen LogP contribution in [-0.4, -0.2) is 83.2 Å². The third-order valence-corrected chi connectivity index (χ3v) is 11.2. The van der Waals surface area contributed by atoms with Crippen LogP contribution in [0.25, 0.3) is 0 Å². The smallest absolute Gasteiger partial charge is 0.243 e. The fraction of sp³-hybridized carbons (Fsp3) is 0.417. The summed E-state index contributed by atoms with van der Waals surface area (Å²) < 4.78 is 80.3. The van der Waals surface area contributed by atoms with Crippen LogP contribution in [0.4, 0.5) is 0 Å². The molecule has 0 radical (unpaired) electrons. The number of sulfonamides is 2. The number of nitrogens with one attached hydrogen (secondary N) is 3. The molecular formula is C24H32N4O9S3. The lowest BCUT2D eigenvalue weighted by atomic mass is 10.2. The van der Waals surface area contributed by atoms with Crippen molar-refractivity contribution < 1.29 is 39.9 Å². The standard InChI is InChI=1S/C24H32N4O9S3/c1-17(29)25-13-19-3-7-21(8-4-19)39(34,35)27-11-12-28(23-15-38(32,33)16-24(23)31)40(36,37)22-9-5-20(6-10-22)14-26-18(2)30/h3-10,23-24,27,31H,11-16H2,1-2H3,(H,25,29)(H,26,30)/t23-,24-/m0/s1. The minimum absolute atomic E-state index is 0.0910. The molecular weight excluding hydrogens is 584 g/mol. The van der Waals surface area contributed by atoms with Gasteiger partial charge in [-0.15, -0.1) is 0 Å². The summed E-state index contributed by atoms with van der Waals surface area (Å²) in [5.41, 5.74) is 1.30. The summed E-state index contributed by atoms with van der Waals surface area (Å²) in [5, 5.41) is 15.6. The largest absolute Gasteiger partial charge is 0.390 e. The van der Waals surface area contributed by atoms with Gasteiger partial charge in [-0.2, -0.15) is 4.31 Å². The fourth-order valence-electron chi connectivity index (χ4n) is 4.08. The molecule has 0 aromatic heterocycles. The third kappa shape index (κ3) is 8.31. The van der Waals surface area contributed by atoms with E-state index in [1.54, 1.807) is 0 Å². The number of amides is 2. The number of aliphatic hydroxyl groups excluding tert-OH is 1. The second kappa shape index (κ2) is 12.7. The SMILES string of the molecule is CC(=O)NCc1ccc(S(=O)(=O)NCCN([C@H]2CS(=O)(=O)C[C@@H]2O)S(=O)(=O)c2ccc(CNC(C)=O)cc2)cc1. The molecule has 0 unspecified atom stereocenters. The average molecular weight is 617 g/mol. The Labute approximate surface area is 234 Å². The predicted octanol–water partition coefficient (Wildman–Crippen LogP) is -0.914. The summed E-state index contributed by atoms with van der Waals surface area (Å²) in [5.74, 6) is -1.73. The number of hydrogen-bond donors (Lipinski definition) is 4. The van der Waals surface area contributed by atoms with Crippen LogP contribution >= 0.6 is 0 Å². The molecule has 40 heavy (non-hydrogen) atoms. The first-order valence-electron chi connectivity index (χ1n) is 12.2. The van der Waals surface area contributed by atoms with Gasteiger partial charge in [-0.25, -0.2) is 30.0 Å². The lowest BCUT2D eigenvalue weighted by molar-refractivity contribution is -0.120. The molecule has 0 saturated carbocycles. The van der Waals surface area contributed by atoms with Crippen LogP contribution in [0, 0.1) is 0 Å². The number of nitrogens with zero attached hydrogens (tertiary/aromatic N) is 1. The molecule has 1 aliphatic heterocycles. The van der Waals surface area contributed by atoms with Crippen LogP contribution in [0.15, 0.2) is 58.3 Å². The first kappa shape index (κ1) is 31.6. The molecule has 16 heteroatoms. The number of carbonyl (C=O) groups excluding carboxylic acids is 2. The molecule has 0 spiro atoms. The van der Waals surface area contributed by atoms with Gasteiger partial charge in [0.05, 0.1) is 33.4 Å². The molecule has 1 heterocycles. The Balaban J connectivity index is 1.79. The summed E-state index contributed by atoms with van der Waals surface area (Å²) in [6, 6.07) is 9.97. The first-order valence-corrected chi connectivity index (χ1v) is 16.9. The van der Waals surface area contributed by atoms with E-state index in [0.29, 0.717) is 11.1 Å². The zero-order chi connectivity index (χ0) is 29.7. The highest BCUT2D eigenvalue weighted by Gasteiger charge is 2.44. The zero-order valence-corrected chi connectivity index (χ0v) is 24.4. The summed E-state index contributed by atoms with van der Waals surface area (Å²) in [6.45, 7) is 2.24. The van der Waals surface area contributed by atoms with E-state index < -0.39 is 66.6 Å². The van der Waals surface area contributed by atoms with E-state index in [1.165, 1.54) is 62.4 Å². The number of aliphatic hydroxyl groups is 1. The third-order valence-electron chi connectivity index (χ3n) is 6.13. The van der Waals surface area contributed by atoms with Crippen molar-refractivity contribution in [2.45, 2.75) is 48.9 Å². The maximum Gasteiger partial charge on any atom is 0.243 e. The van der Waals surface area contributed by atoms with E-state index in [0.717, 1.165) is 4.31 Å². The maximum atomic E-state index is 13.6. The number of benzene rings is 2. The van der Waals surface area contributed by atoms with Gasteiger partial charge < -0.3 is 15.7 Å². The van der Waals surface area contributed by atoms with Crippen LogP contribution in [0.5, 0.6) is 0 Å². The molecule has 220 valence electrons. The maximum absolute atomic E-state index is 13.6. The predicted molar refractivity (Wildman–Crippen MR) is 145 cm³/mol. The van der Waals surface area contributed by atoms with Gasteiger partial charge in [0.15, 0.2) is 9.84 Å². The van der Waals surface area contributed by atoms with Gasteiger partial charge in [0, 0.05) is 40.0 Å². The van der Waals surface area contributed by atoms with Gasteiger partial charge in [0.25, 0.3) is 0 Å². The van der Waals surface area contributed by atoms with Gasteiger partial charge in [-0.05, 0) is 35.4 Å². The first-order chi connectivity index (χ1) is 18.6. The van der Waals surface area contributed by atoms with Crippen molar-refractivity contribution in [1.29, 1.82) is 0 Å². The van der Waals surface area contributed by atoms with Gasteiger partial charge in [-0.3, -0.25) is 9.59 Å². The summed E-state index contributed by atoms with van der Waals surface area (Å²) >= 11 is 0. The van der Waals surface area contributed by atoms with Crippen LogP contribution in [-0.2, 0) is 52.6 Å². The molecule has 2 aromatic rings. The Kier molecular flexibility index (Phi) is 10.1. The zero-order valence-electron chi connectivity index (χ0n) is 21.9. The number of sulfone groups is 1. The van der Waals surface area contributed by atoms with Gasteiger partial charge in [0.1, 0.15) is 0 Å². The van der Waals surface area contributed by atoms with Crippen molar-refractivity contribution in [2.75, 3.05) is 24.6 Å². The Hall–Kier alpha value is -2.89. The fourth-order valence-corrected chi connectivity index (χ4v) is 8.65. The average Bonchev–Trinajstić information content (AvgIpc) is 3.15. The van der Waals surface area contributed by atoms with Crippen LogP contribution in [0.2, 0.25) is 0 Å². The van der Waals surface area contributed by atoms with Crippen molar-refractivity contribution in [3.8, 4) is 0 Å². The quantitative estimate of drug-likeness (QED) is 0.233. The second-order valence-corrected chi connectivity index (χ2v) is 15.1. The van der Waals surface area contributed by atoms with E-state index in [4.69, 9.17) is 0 Å². The summed E-state index contributed by atoms with van der Waals surface area (Å²) in [4.78, 5) is 21.9.